The summed E-state index contributed by atoms with van der Waals surface area (Å²) >= 11 is 0. The molecule has 0 N–H and O–H groups in total. The van der Waals surface area contributed by atoms with Gasteiger partial charge in [-0.2, -0.15) is 0 Å². The fourth-order valence-electron chi connectivity index (χ4n) is 1.61. The average Bonchev–Trinajstić information content (AvgIpc) is 2.39. The van der Waals surface area contributed by atoms with Gasteiger partial charge in [-0.05, 0) is 24.3 Å². The second-order valence-electron chi connectivity index (χ2n) is 3.96. The van der Waals surface area contributed by atoms with Gasteiger partial charge in [-0.15, -0.1) is 0 Å². The number of ether oxygens (including phenoxy) is 1. The minimum Gasteiger partial charge on any atom is -0.455 e. The summed E-state index contributed by atoms with van der Waals surface area (Å²) in [5, 5.41) is 0. The molecule has 0 fully saturated rings. The highest BCUT2D eigenvalue weighted by Crippen LogP contribution is 2.31. The molecular formula is C15H15NO2. The van der Waals surface area contributed by atoms with Gasteiger partial charge in [0.15, 0.2) is 5.75 Å². The van der Waals surface area contributed by atoms with Crippen molar-refractivity contribution in [2.75, 3.05) is 11.9 Å². The third kappa shape index (κ3) is 2.69. The monoisotopic (exact) mass is 241 g/mol. The molecule has 0 bridgehead atoms. The quantitative estimate of drug-likeness (QED) is 0.823. The summed E-state index contributed by atoms with van der Waals surface area (Å²) in [5.74, 6) is 1.39. The zero-order valence-corrected chi connectivity index (χ0v) is 10.5. The maximum Gasteiger partial charge on any atom is 0.223 e. The van der Waals surface area contributed by atoms with Crippen molar-refractivity contribution in [3.05, 3.63) is 54.6 Å². The van der Waals surface area contributed by atoms with Crippen molar-refractivity contribution in [2.24, 2.45) is 0 Å². The highest BCUT2D eigenvalue weighted by Gasteiger charge is 2.11. The third-order valence-corrected chi connectivity index (χ3v) is 2.67. The first kappa shape index (κ1) is 12.2. The molecule has 92 valence electrons. The summed E-state index contributed by atoms with van der Waals surface area (Å²) in [5.41, 5.74) is 0.758. The van der Waals surface area contributed by atoms with Gasteiger partial charge in [-0.1, -0.05) is 30.3 Å². The van der Waals surface area contributed by atoms with Crippen LogP contribution in [0.3, 0.4) is 0 Å². The Balaban J connectivity index is 2.31. The molecule has 0 aliphatic heterocycles. The molecule has 3 nitrogen and oxygen atoms in total. The first-order chi connectivity index (χ1) is 8.68. The Morgan fingerprint density at radius 1 is 1.00 bits per heavy atom. The summed E-state index contributed by atoms with van der Waals surface area (Å²) in [6, 6.07) is 17.0. The van der Waals surface area contributed by atoms with Crippen LogP contribution in [0.15, 0.2) is 54.6 Å². The van der Waals surface area contributed by atoms with E-state index in [-0.39, 0.29) is 5.91 Å². The minimum absolute atomic E-state index is 0.0286. The Labute approximate surface area is 107 Å². The summed E-state index contributed by atoms with van der Waals surface area (Å²) in [7, 11) is 1.73. The van der Waals surface area contributed by atoms with Crippen LogP contribution >= 0.6 is 0 Å². The maximum absolute atomic E-state index is 11.4. The molecule has 0 saturated heterocycles. The molecule has 0 aromatic heterocycles. The molecule has 0 heterocycles. The van der Waals surface area contributed by atoms with Crippen molar-refractivity contribution in [2.45, 2.75) is 6.92 Å². The smallest absolute Gasteiger partial charge is 0.223 e. The molecule has 2 aromatic carbocycles. The second kappa shape index (κ2) is 5.36. The van der Waals surface area contributed by atoms with Gasteiger partial charge in [0.05, 0.1) is 5.69 Å². The number of para-hydroxylation sites is 3. The van der Waals surface area contributed by atoms with Crippen LogP contribution in [0.4, 0.5) is 5.69 Å². The first-order valence-corrected chi connectivity index (χ1v) is 5.74. The predicted octanol–water partition coefficient (Wildman–Crippen LogP) is 3.46. The van der Waals surface area contributed by atoms with Crippen LogP contribution in [-0.4, -0.2) is 13.0 Å². The van der Waals surface area contributed by atoms with E-state index in [4.69, 9.17) is 4.74 Å². The van der Waals surface area contributed by atoms with Crippen LogP contribution in [0.2, 0.25) is 0 Å². The van der Waals surface area contributed by atoms with Gasteiger partial charge in [0.1, 0.15) is 5.75 Å². The van der Waals surface area contributed by atoms with E-state index in [1.165, 1.54) is 6.92 Å². The van der Waals surface area contributed by atoms with Crippen molar-refractivity contribution in [1.82, 2.24) is 0 Å². The molecule has 3 heteroatoms. The molecule has 18 heavy (non-hydrogen) atoms. The topological polar surface area (TPSA) is 29.5 Å². The van der Waals surface area contributed by atoms with Gasteiger partial charge >= 0.3 is 0 Å². The van der Waals surface area contributed by atoms with E-state index in [0.717, 1.165) is 11.4 Å². The number of benzene rings is 2. The lowest BCUT2D eigenvalue weighted by Gasteiger charge is -2.18. The van der Waals surface area contributed by atoms with Gasteiger partial charge < -0.3 is 9.64 Å². The van der Waals surface area contributed by atoms with E-state index in [1.807, 2.05) is 54.6 Å². The summed E-state index contributed by atoms with van der Waals surface area (Å²) in [6.45, 7) is 1.53. The molecule has 0 aliphatic rings. The summed E-state index contributed by atoms with van der Waals surface area (Å²) in [4.78, 5) is 13.0. The molecular weight excluding hydrogens is 226 g/mol. The molecule has 0 unspecified atom stereocenters. The van der Waals surface area contributed by atoms with E-state index < -0.39 is 0 Å². The maximum atomic E-state index is 11.4. The van der Waals surface area contributed by atoms with Crippen LogP contribution in [0.1, 0.15) is 6.92 Å². The van der Waals surface area contributed by atoms with Gasteiger partial charge in [0.25, 0.3) is 0 Å². The van der Waals surface area contributed by atoms with E-state index >= 15 is 0 Å². The molecule has 0 spiro atoms. The summed E-state index contributed by atoms with van der Waals surface area (Å²) in [6.07, 6.45) is 0. The number of hydrogen-bond acceptors (Lipinski definition) is 2. The highest BCUT2D eigenvalue weighted by atomic mass is 16.5. The lowest BCUT2D eigenvalue weighted by atomic mass is 10.2. The van der Waals surface area contributed by atoms with Gasteiger partial charge in [0.2, 0.25) is 5.91 Å². The fraction of sp³-hybridized carbons (Fsp3) is 0.133. The molecule has 0 radical (unpaired) electrons. The number of anilines is 1. The van der Waals surface area contributed by atoms with E-state index in [1.54, 1.807) is 11.9 Å². The Morgan fingerprint density at radius 3 is 2.28 bits per heavy atom. The molecule has 2 rings (SSSR count). The van der Waals surface area contributed by atoms with Crippen LogP contribution in [0, 0.1) is 0 Å². The van der Waals surface area contributed by atoms with E-state index in [9.17, 15) is 4.79 Å². The number of amides is 1. The number of hydrogen-bond donors (Lipinski definition) is 0. The molecule has 0 saturated carbocycles. The predicted molar refractivity (Wildman–Crippen MR) is 72.0 cm³/mol. The number of carbonyl (C=O) groups excluding carboxylic acids is 1. The van der Waals surface area contributed by atoms with Crippen LogP contribution in [0.25, 0.3) is 0 Å². The third-order valence-electron chi connectivity index (χ3n) is 2.67. The second-order valence-corrected chi connectivity index (χ2v) is 3.96. The van der Waals surface area contributed by atoms with Crippen LogP contribution in [-0.2, 0) is 4.79 Å². The van der Waals surface area contributed by atoms with Crippen molar-refractivity contribution in [3.8, 4) is 11.5 Å². The van der Waals surface area contributed by atoms with Crippen LogP contribution < -0.4 is 9.64 Å². The van der Waals surface area contributed by atoms with Crippen molar-refractivity contribution in [3.63, 3.8) is 0 Å². The standard InChI is InChI=1S/C15H15NO2/c1-12(17)16(2)14-10-6-7-11-15(14)18-13-8-4-3-5-9-13/h3-11H,1-2H3. The average molecular weight is 241 g/mol. The number of rotatable bonds is 3. The van der Waals surface area contributed by atoms with Crippen molar-refractivity contribution < 1.29 is 9.53 Å². The highest BCUT2D eigenvalue weighted by molar-refractivity contribution is 5.92. The normalized spacial score (nSPS) is 9.89. The molecule has 0 atom stereocenters. The molecule has 2 aromatic rings. The first-order valence-electron chi connectivity index (χ1n) is 5.74. The van der Waals surface area contributed by atoms with Gasteiger partial charge in [-0.3, -0.25) is 4.79 Å². The lowest BCUT2D eigenvalue weighted by molar-refractivity contribution is -0.116. The Hall–Kier alpha value is -2.29. The van der Waals surface area contributed by atoms with E-state index in [0.29, 0.717) is 5.75 Å². The number of nitrogens with zero attached hydrogens (tertiary/aromatic N) is 1. The summed E-state index contributed by atoms with van der Waals surface area (Å²) < 4.78 is 5.79. The Morgan fingerprint density at radius 2 is 1.61 bits per heavy atom. The van der Waals surface area contributed by atoms with Crippen molar-refractivity contribution >= 4 is 11.6 Å². The zero-order chi connectivity index (χ0) is 13.0. The zero-order valence-electron chi connectivity index (χ0n) is 10.5. The molecule has 0 aliphatic carbocycles. The van der Waals surface area contributed by atoms with Gasteiger partial charge in [0, 0.05) is 14.0 Å². The molecule has 1 amide bonds. The minimum atomic E-state index is -0.0286. The van der Waals surface area contributed by atoms with Crippen molar-refractivity contribution in [1.29, 1.82) is 0 Å². The lowest BCUT2D eigenvalue weighted by Crippen LogP contribution is -2.23. The Bertz CT molecular complexity index is 537. The van der Waals surface area contributed by atoms with Gasteiger partial charge in [-0.25, -0.2) is 0 Å². The van der Waals surface area contributed by atoms with Crippen LogP contribution in [0.5, 0.6) is 11.5 Å². The SMILES string of the molecule is CC(=O)N(C)c1ccccc1Oc1ccccc1. The van der Waals surface area contributed by atoms with E-state index in [2.05, 4.69) is 0 Å². The Kier molecular flexibility index (Phi) is 3.63. The number of carbonyl (C=O) groups is 1. The fourth-order valence-corrected chi connectivity index (χ4v) is 1.61. The largest absolute Gasteiger partial charge is 0.455 e.